The normalized spacial score (nSPS) is 12.2. The number of hydrogen-bond acceptors (Lipinski definition) is 3. The van der Waals surface area contributed by atoms with E-state index in [1.807, 2.05) is 31.2 Å². The van der Waals surface area contributed by atoms with Gasteiger partial charge in [-0.05, 0) is 12.5 Å². The molecule has 1 amide bonds. The molecule has 2 aromatic rings. The molecule has 1 aromatic heterocycles. The average molecular weight is 275 g/mol. The van der Waals surface area contributed by atoms with Crippen LogP contribution in [0, 0.1) is 0 Å². The maximum atomic E-state index is 11.8. The lowest BCUT2D eigenvalue weighted by atomic mass is 10.1. The molecule has 1 unspecified atom stereocenters. The van der Waals surface area contributed by atoms with Crippen molar-refractivity contribution in [2.75, 3.05) is 0 Å². The molecule has 0 aliphatic rings. The van der Waals surface area contributed by atoms with Gasteiger partial charge in [-0.25, -0.2) is 4.79 Å². The van der Waals surface area contributed by atoms with E-state index in [4.69, 9.17) is 5.11 Å². The third-order valence-electron chi connectivity index (χ3n) is 2.98. The SMILES string of the molecule is CCCC(NC(=O)Cn1cc2ccccc2n1)C(=O)O. The van der Waals surface area contributed by atoms with Crippen LogP contribution in [0.5, 0.6) is 0 Å². The van der Waals surface area contributed by atoms with E-state index in [1.54, 1.807) is 6.20 Å². The number of rotatable bonds is 6. The number of aliphatic carboxylic acids is 1. The van der Waals surface area contributed by atoms with E-state index < -0.39 is 12.0 Å². The molecule has 0 radical (unpaired) electrons. The van der Waals surface area contributed by atoms with Crippen molar-refractivity contribution in [3.8, 4) is 0 Å². The van der Waals surface area contributed by atoms with Crippen LogP contribution >= 0.6 is 0 Å². The molecule has 0 saturated carbocycles. The number of carboxylic acids is 1. The van der Waals surface area contributed by atoms with Crippen LogP contribution in [0.25, 0.3) is 10.9 Å². The molecule has 1 heterocycles. The maximum absolute atomic E-state index is 11.8. The predicted molar refractivity (Wildman–Crippen MR) is 74.2 cm³/mol. The first-order chi connectivity index (χ1) is 9.60. The number of carboxylic acid groups (broad SMARTS) is 1. The van der Waals surface area contributed by atoms with Gasteiger partial charge in [0.05, 0.1) is 5.52 Å². The highest BCUT2D eigenvalue weighted by atomic mass is 16.4. The molecule has 0 bridgehead atoms. The fraction of sp³-hybridized carbons (Fsp3) is 0.357. The highest BCUT2D eigenvalue weighted by molar-refractivity contribution is 5.84. The second kappa shape index (κ2) is 6.18. The van der Waals surface area contributed by atoms with Gasteiger partial charge in [0.2, 0.25) is 5.91 Å². The number of hydrogen-bond donors (Lipinski definition) is 2. The van der Waals surface area contributed by atoms with Crippen molar-refractivity contribution in [3.63, 3.8) is 0 Å². The fourth-order valence-corrected chi connectivity index (χ4v) is 2.03. The van der Waals surface area contributed by atoms with Gasteiger partial charge in [-0.2, -0.15) is 5.10 Å². The van der Waals surface area contributed by atoms with Gasteiger partial charge in [-0.3, -0.25) is 9.48 Å². The summed E-state index contributed by atoms with van der Waals surface area (Å²) in [5.74, 6) is -1.36. The van der Waals surface area contributed by atoms with Crippen molar-refractivity contribution in [2.45, 2.75) is 32.4 Å². The van der Waals surface area contributed by atoms with Crippen molar-refractivity contribution < 1.29 is 14.7 Å². The number of amides is 1. The molecule has 20 heavy (non-hydrogen) atoms. The Morgan fingerprint density at radius 2 is 2.15 bits per heavy atom. The first kappa shape index (κ1) is 14.0. The molecule has 6 heteroatoms. The molecule has 0 saturated heterocycles. The topological polar surface area (TPSA) is 84.2 Å². The molecule has 1 atom stereocenters. The summed E-state index contributed by atoms with van der Waals surface area (Å²) in [4.78, 5) is 22.8. The second-order valence-electron chi connectivity index (χ2n) is 4.63. The summed E-state index contributed by atoms with van der Waals surface area (Å²) in [5.41, 5.74) is 0.809. The lowest BCUT2D eigenvalue weighted by molar-refractivity contribution is -0.142. The molecule has 0 aliphatic heterocycles. The van der Waals surface area contributed by atoms with Crippen LogP contribution in [0.15, 0.2) is 30.5 Å². The van der Waals surface area contributed by atoms with E-state index in [2.05, 4.69) is 10.4 Å². The van der Waals surface area contributed by atoms with E-state index in [0.29, 0.717) is 12.8 Å². The van der Waals surface area contributed by atoms with Gasteiger partial charge in [0.15, 0.2) is 0 Å². The van der Waals surface area contributed by atoms with Crippen molar-refractivity contribution in [1.82, 2.24) is 15.1 Å². The summed E-state index contributed by atoms with van der Waals surface area (Å²) < 4.78 is 1.52. The monoisotopic (exact) mass is 275 g/mol. The van der Waals surface area contributed by atoms with Gasteiger partial charge in [0.25, 0.3) is 0 Å². The lowest BCUT2D eigenvalue weighted by Gasteiger charge is -2.13. The molecule has 0 aliphatic carbocycles. The van der Waals surface area contributed by atoms with Crippen molar-refractivity contribution in [3.05, 3.63) is 30.5 Å². The molecule has 1 aromatic carbocycles. The van der Waals surface area contributed by atoms with Crippen LogP contribution in [0.3, 0.4) is 0 Å². The van der Waals surface area contributed by atoms with Crippen LogP contribution in [-0.4, -0.2) is 32.8 Å². The third-order valence-corrected chi connectivity index (χ3v) is 2.98. The smallest absolute Gasteiger partial charge is 0.326 e. The van der Waals surface area contributed by atoms with Crippen molar-refractivity contribution in [2.24, 2.45) is 0 Å². The first-order valence-corrected chi connectivity index (χ1v) is 6.54. The van der Waals surface area contributed by atoms with Crippen LogP contribution in [0.2, 0.25) is 0 Å². The number of nitrogens with one attached hydrogen (secondary N) is 1. The largest absolute Gasteiger partial charge is 0.480 e. The van der Waals surface area contributed by atoms with E-state index in [9.17, 15) is 9.59 Å². The highest BCUT2D eigenvalue weighted by Gasteiger charge is 2.18. The zero-order valence-corrected chi connectivity index (χ0v) is 11.2. The summed E-state index contributed by atoms with van der Waals surface area (Å²) in [7, 11) is 0. The summed E-state index contributed by atoms with van der Waals surface area (Å²) in [6.07, 6.45) is 2.88. The summed E-state index contributed by atoms with van der Waals surface area (Å²) in [6, 6.07) is 6.71. The molecule has 6 nitrogen and oxygen atoms in total. The average Bonchev–Trinajstić information content (AvgIpc) is 2.79. The summed E-state index contributed by atoms with van der Waals surface area (Å²) >= 11 is 0. The molecular weight excluding hydrogens is 258 g/mol. The number of benzene rings is 1. The van der Waals surface area contributed by atoms with Crippen LogP contribution < -0.4 is 5.32 Å². The van der Waals surface area contributed by atoms with Crippen molar-refractivity contribution in [1.29, 1.82) is 0 Å². The Balaban J connectivity index is 2.01. The summed E-state index contributed by atoms with van der Waals surface area (Å²) in [5, 5.41) is 16.7. The maximum Gasteiger partial charge on any atom is 0.326 e. The molecule has 0 fully saturated rings. The van der Waals surface area contributed by atoms with Gasteiger partial charge in [0.1, 0.15) is 12.6 Å². The van der Waals surface area contributed by atoms with Gasteiger partial charge in [0, 0.05) is 11.6 Å². The quantitative estimate of drug-likeness (QED) is 0.834. The second-order valence-corrected chi connectivity index (χ2v) is 4.63. The van der Waals surface area contributed by atoms with Crippen LogP contribution in [0.1, 0.15) is 19.8 Å². The minimum atomic E-state index is -1.01. The zero-order valence-electron chi connectivity index (χ0n) is 11.2. The molecule has 0 spiro atoms. The predicted octanol–water partition coefficient (Wildman–Crippen LogP) is 1.41. The van der Waals surface area contributed by atoms with Gasteiger partial charge < -0.3 is 10.4 Å². The zero-order chi connectivity index (χ0) is 14.5. The van der Waals surface area contributed by atoms with E-state index in [0.717, 1.165) is 10.9 Å². The highest BCUT2D eigenvalue weighted by Crippen LogP contribution is 2.10. The Morgan fingerprint density at radius 3 is 2.80 bits per heavy atom. The molecule has 106 valence electrons. The molecule has 2 N–H and O–H groups in total. The Morgan fingerprint density at radius 1 is 1.40 bits per heavy atom. The van der Waals surface area contributed by atoms with Crippen LogP contribution in [0.4, 0.5) is 0 Å². The molecule has 2 rings (SSSR count). The van der Waals surface area contributed by atoms with Crippen LogP contribution in [-0.2, 0) is 16.1 Å². The van der Waals surface area contributed by atoms with Gasteiger partial charge in [-0.1, -0.05) is 31.5 Å². The Labute approximate surface area is 116 Å². The number of carbonyl (C=O) groups excluding carboxylic acids is 1. The van der Waals surface area contributed by atoms with E-state index in [-0.39, 0.29) is 12.5 Å². The minimum Gasteiger partial charge on any atom is -0.480 e. The minimum absolute atomic E-state index is 0.0160. The fourth-order valence-electron chi connectivity index (χ4n) is 2.03. The van der Waals surface area contributed by atoms with Gasteiger partial charge in [-0.15, -0.1) is 0 Å². The standard InChI is InChI=1S/C14H17N3O3/c1-2-5-12(14(19)20)15-13(18)9-17-8-10-6-3-4-7-11(10)16-17/h3-4,6-8,12H,2,5,9H2,1H3,(H,15,18)(H,19,20). The van der Waals surface area contributed by atoms with Gasteiger partial charge >= 0.3 is 5.97 Å². The number of carbonyl (C=O) groups is 2. The van der Waals surface area contributed by atoms with E-state index >= 15 is 0 Å². The van der Waals surface area contributed by atoms with Crippen molar-refractivity contribution >= 4 is 22.8 Å². The molecular formula is C14H17N3O3. The Hall–Kier alpha value is -2.37. The Bertz CT molecular complexity index is 588. The first-order valence-electron chi connectivity index (χ1n) is 6.54. The van der Waals surface area contributed by atoms with E-state index in [1.165, 1.54) is 4.68 Å². The third kappa shape index (κ3) is 3.34. The lowest BCUT2D eigenvalue weighted by Crippen LogP contribution is -2.42. The number of aromatic nitrogens is 2. The Kier molecular flexibility index (Phi) is 4.34. The number of fused-ring (bicyclic) bond motifs is 1. The summed E-state index contributed by atoms with van der Waals surface area (Å²) in [6.45, 7) is 1.89. The number of nitrogens with zero attached hydrogens (tertiary/aromatic N) is 2.